The number of hydrogen-bond donors (Lipinski definition) is 0. The van der Waals surface area contributed by atoms with Crippen molar-refractivity contribution < 1.29 is 9.59 Å². The Morgan fingerprint density at radius 2 is 2.11 bits per heavy atom. The van der Waals surface area contributed by atoms with Crippen molar-refractivity contribution in [3.63, 3.8) is 0 Å². The van der Waals surface area contributed by atoms with Crippen LogP contribution in [0.2, 0.25) is 5.02 Å². The largest absolute Gasteiger partial charge is 0.278 e. The second-order valence-corrected chi connectivity index (χ2v) is 5.67. The van der Waals surface area contributed by atoms with Gasteiger partial charge in [0.1, 0.15) is 0 Å². The van der Waals surface area contributed by atoms with Gasteiger partial charge in [0, 0.05) is 11.4 Å². The van der Waals surface area contributed by atoms with E-state index in [4.69, 9.17) is 16.9 Å². The number of amides is 2. The van der Waals surface area contributed by atoms with E-state index in [1.165, 1.54) is 11.0 Å². The van der Waals surface area contributed by atoms with Crippen LogP contribution in [-0.2, 0) is 16.1 Å². The smallest absolute Gasteiger partial charge is 0.235 e. The summed E-state index contributed by atoms with van der Waals surface area (Å²) in [6.07, 6.45) is 0.222. The zero-order valence-electron chi connectivity index (χ0n) is 10.7. The van der Waals surface area contributed by atoms with Gasteiger partial charge >= 0.3 is 0 Å². The Morgan fingerprint density at radius 3 is 2.58 bits per heavy atom. The molecular weight excluding hydrogens is 264 g/mol. The van der Waals surface area contributed by atoms with Crippen molar-refractivity contribution in [2.45, 2.75) is 26.8 Å². The first-order valence-corrected chi connectivity index (χ1v) is 6.26. The molecule has 0 radical (unpaired) electrons. The highest BCUT2D eigenvalue weighted by atomic mass is 35.5. The molecular formula is C14H13ClN2O2. The van der Waals surface area contributed by atoms with Crippen LogP contribution in [0.5, 0.6) is 0 Å². The highest BCUT2D eigenvalue weighted by Crippen LogP contribution is 2.33. The topological polar surface area (TPSA) is 61.2 Å². The molecule has 0 saturated carbocycles. The normalized spacial score (nSPS) is 17.7. The number of halogens is 1. The van der Waals surface area contributed by atoms with E-state index in [1.54, 1.807) is 26.0 Å². The van der Waals surface area contributed by atoms with Gasteiger partial charge in [0.15, 0.2) is 0 Å². The predicted octanol–water partition coefficient (Wildman–Crippen LogP) is 2.50. The second kappa shape index (κ2) is 4.67. The summed E-state index contributed by atoms with van der Waals surface area (Å²) < 4.78 is 0. The fraction of sp³-hybridized carbons (Fsp3) is 0.357. The fourth-order valence-electron chi connectivity index (χ4n) is 2.10. The molecule has 1 aliphatic heterocycles. The first kappa shape index (κ1) is 13.6. The molecule has 2 rings (SSSR count). The van der Waals surface area contributed by atoms with Crippen LogP contribution in [0.4, 0.5) is 0 Å². The third-order valence-electron chi connectivity index (χ3n) is 3.23. The van der Waals surface area contributed by atoms with Crippen molar-refractivity contribution in [2.75, 3.05) is 0 Å². The number of carbonyl (C=O) groups is 2. The average molecular weight is 277 g/mol. The number of benzene rings is 1. The van der Waals surface area contributed by atoms with Gasteiger partial charge in [-0.15, -0.1) is 0 Å². The summed E-state index contributed by atoms with van der Waals surface area (Å²) in [4.78, 5) is 25.2. The molecule has 0 bridgehead atoms. The van der Waals surface area contributed by atoms with Gasteiger partial charge in [0.05, 0.1) is 23.6 Å². The summed E-state index contributed by atoms with van der Waals surface area (Å²) in [5.74, 6) is -0.367. The number of nitriles is 1. The van der Waals surface area contributed by atoms with Crippen LogP contribution in [-0.4, -0.2) is 16.7 Å². The number of likely N-dealkylation sites (tertiary alicyclic amines) is 1. The van der Waals surface area contributed by atoms with Gasteiger partial charge in [-0.05, 0) is 17.7 Å². The quantitative estimate of drug-likeness (QED) is 0.780. The maximum Gasteiger partial charge on any atom is 0.235 e. The summed E-state index contributed by atoms with van der Waals surface area (Å²) in [6, 6.07) is 6.82. The summed E-state index contributed by atoms with van der Waals surface area (Å²) >= 11 is 6.05. The summed E-state index contributed by atoms with van der Waals surface area (Å²) in [7, 11) is 0. The summed E-state index contributed by atoms with van der Waals surface area (Å²) in [5, 5.41) is 9.16. The zero-order valence-corrected chi connectivity index (χ0v) is 11.5. The average Bonchev–Trinajstić information content (AvgIpc) is 2.53. The molecule has 1 aromatic carbocycles. The van der Waals surface area contributed by atoms with Crippen molar-refractivity contribution in [1.82, 2.24) is 4.90 Å². The Hall–Kier alpha value is -1.86. The molecule has 0 N–H and O–H groups in total. The third kappa shape index (κ3) is 2.47. The van der Waals surface area contributed by atoms with Crippen molar-refractivity contribution in [3.05, 3.63) is 34.3 Å². The maximum atomic E-state index is 12.1. The third-order valence-corrected chi connectivity index (χ3v) is 3.58. The van der Waals surface area contributed by atoms with Crippen LogP contribution < -0.4 is 0 Å². The van der Waals surface area contributed by atoms with Crippen molar-refractivity contribution in [1.29, 1.82) is 5.26 Å². The van der Waals surface area contributed by atoms with E-state index in [1.807, 2.05) is 6.07 Å². The van der Waals surface area contributed by atoms with Crippen LogP contribution in [0.15, 0.2) is 18.2 Å². The molecule has 1 fully saturated rings. The van der Waals surface area contributed by atoms with Crippen LogP contribution in [0.3, 0.4) is 0 Å². The molecule has 98 valence electrons. The molecule has 0 aromatic heterocycles. The van der Waals surface area contributed by atoms with Crippen molar-refractivity contribution >= 4 is 23.4 Å². The minimum absolute atomic E-state index is 0.158. The van der Waals surface area contributed by atoms with E-state index in [9.17, 15) is 9.59 Å². The molecule has 0 aliphatic carbocycles. The van der Waals surface area contributed by atoms with E-state index >= 15 is 0 Å². The molecule has 5 heteroatoms. The molecule has 1 aromatic rings. The Kier molecular flexibility index (Phi) is 3.34. The van der Waals surface area contributed by atoms with Crippen LogP contribution >= 0.6 is 11.6 Å². The van der Waals surface area contributed by atoms with E-state index in [0.29, 0.717) is 16.1 Å². The molecule has 0 atom stereocenters. The van der Waals surface area contributed by atoms with Gasteiger partial charge < -0.3 is 0 Å². The van der Waals surface area contributed by atoms with Crippen LogP contribution in [0.25, 0.3) is 0 Å². The minimum Gasteiger partial charge on any atom is -0.278 e. The lowest BCUT2D eigenvalue weighted by atomic mass is 9.92. The standard InChI is InChI=1S/C14H13ClN2O2/c1-14(2)6-12(18)17(13(14)19)8-10-4-3-9(7-16)5-11(10)15/h3-5H,6,8H2,1-2H3. The predicted molar refractivity (Wildman–Crippen MR) is 70.1 cm³/mol. The van der Waals surface area contributed by atoms with Crippen LogP contribution in [0, 0.1) is 16.7 Å². The second-order valence-electron chi connectivity index (χ2n) is 5.26. The highest BCUT2D eigenvalue weighted by molar-refractivity contribution is 6.31. The highest BCUT2D eigenvalue weighted by Gasteiger charge is 2.44. The lowest BCUT2D eigenvalue weighted by Crippen LogP contribution is -2.32. The number of hydrogen-bond acceptors (Lipinski definition) is 3. The van der Waals surface area contributed by atoms with Gasteiger partial charge in [0.25, 0.3) is 0 Å². The van der Waals surface area contributed by atoms with E-state index in [-0.39, 0.29) is 24.8 Å². The van der Waals surface area contributed by atoms with E-state index in [0.717, 1.165) is 0 Å². The van der Waals surface area contributed by atoms with Gasteiger partial charge in [-0.2, -0.15) is 5.26 Å². The van der Waals surface area contributed by atoms with Crippen LogP contribution in [0.1, 0.15) is 31.4 Å². The Balaban J connectivity index is 2.25. The Morgan fingerprint density at radius 1 is 1.42 bits per heavy atom. The first-order chi connectivity index (χ1) is 8.85. The van der Waals surface area contributed by atoms with Crippen molar-refractivity contribution in [3.8, 4) is 6.07 Å². The van der Waals surface area contributed by atoms with E-state index < -0.39 is 5.41 Å². The van der Waals surface area contributed by atoms with E-state index in [2.05, 4.69) is 0 Å². The van der Waals surface area contributed by atoms with Gasteiger partial charge in [-0.25, -0.2) is 0 Å². The summed E-state index contributed by atoms with van der Waals surface area (Å²) in [5.41, 5.74) is 0.476. The molecule has 1 aliphatic rings. The minimum atomic E-state index is -0.643. The number of rotatable bonds is 2. The molecule has 1 heterocycles. The number of carbonyl (C=O) groups excluding carboxylic acids is 2. The molecule has 0 unspecified atom stereocenters. The van der Waals surface area contributed by atoms with Gasteiger partial charge in [-0.1, -0.05) is 31.5 Å². The fourth-order valence-corrected chi connectivity index (χ4v) is 2.34. The molecule has 1 saturated heterocycles. The maximum absolute atomic E-state index is 12.1. The molecule has 0 spiro atoms. The molecule has 19 heavy (non-hydrogen) atoms. The van der Waals surface area contributed by atoms with Gasteiger partial charge in [-0.3, -0.25) is 14.5 Å². The number of nitrogens with zero attached hydrogens (tertiary/aromatic N) is 2. The molecule has 4 nitrogen and oxygen atoms in total. The molecule has 2 amide bonds. The Labute approximate surface area is 116 Å². The van der Waals surface area contributed by atoms with Gasteiger partial charge in [0.2, 0.25) is 11.8 Å². The zero-order chi connectivity index (χ0) is 14.2. The first-order valence-electron chi connectivity index (χ1n) is 5.88. The Bertz CT molecular complexity index is 602. The summed E-state index contributed by atoms with van der Waals surface area (Å²) in [6.45, 7) is 3.67. The monoisotopic (exact) mass is 276 g/mol. The van der Waals surface area contributed by atoms with Crippen molar-refractivity contribution in [2.24, 2.45) is 5.41 Å². The lowest BCUT2D eigenvalue weighted by molar-refractivity contribution is -0.141. The number of imide groups is 1. The SMILES string of the molecule is CC1(C)CC(=O)N(Cc2ccc(C#N)cc2Cl)C1=O. The lowest BCUT2D eigenvalue weighted by Gasteiger charge is -2.18.